The Hall–Kier alpha value is -2.14. The second-order valence-electron chi connectivity index (χ2n) is 28.3. The Bertz CT molecular complexity index is 2420. The van der Waals surface area contributed by atoms with Crippen molar-refractivity contribution in [3.05, 3.63) is 24.3 Å². The summed E-state index contributed by atoms with van der Waals surface area (Å²) in [7, 11) is 0. The highest BCUT2D eigenvalue weighted by atomic mass is 16.8. The van der Waals surface area contributed by atoms with Crippen molar-refractivity contribution in [2.75, 3.05) is 0 Å². The molecule has 0 aromatic rings. The average molecular weight is 1110 g/mol. The number of esters is 1. The van der Waals surface area contributed by atoms with Crippen LogP contribution in [0.3, 0.4) is 0 Å². The summed E-state index contributed by atoms with van der Waals surface area (Å²) in [6.45, 7) is 20.0. The molecule has 15 saturated heterocycles. The third kappa shape index (κ3) is 9.13. The molecule has 18 heteroatoms. The van der Waals surface area contributed by atoms with Gasteiger partial charge in [0.1, 0.15) is 42.2 Å². The van der Waals surface area contributed by atoms with Gasteiger partial charge in [0.05, 0.1) is 104 Å². The van der Waals surface area contributed by atoms with E-state index in [2.05, 4.69) is 47.8 Å². The maximum Gasteiger partial charge on any atom is 0.308 e. The van der Waals surface area contributed by atoms with Crippen LogP contribution in [0.1, 0.15) is 157 Å². The van der Waals surface area contributed by atoms with Crippen molar-refractivity contribution >= 4 is 11.9 Å². The van der Waals surface area contributed by atoms with Crippen molar-refractivity contribution in [2.45, 2.75) is 308 Å². The van der Waals surface area contributed by atoms with E-state index in [4.69, 9.17) is 66.3 Å². The third-order valence-corrected chi connectivity index (χ3v) is 22.7. The fourth-order valence-electron chi connectivity index (χ4n) is 19.0. The highest BCUT2D eigenvalue weighted by Gasteiger charge is 2.73. The van der Waals surface area contributed by atoms with E-state index in [-0.39, 0.29) is 146 Å². The first-order valence-corrected chi connectivity index (χ1v) is 30.9. The van der Waals surface area contributed by atoms with E-state index in [0.29, 0.717) is 77.0 Å². The summed E-state index contributed by atoms with van der Waals surface area (Å²) in [5, 5.41) is 20.6. The van der Waals surface area contributed by atoms with Crippen LogP contribution in [0.15, 0.2) is 24.3 Å². The number of rotatable bonds is 2. The Balaban J connectivity index is 0.663. The summed E-state index contributed by atoms with van der Waals surface area (Å²) in [5.41, 5.74) is 1.60. The fourth-order valence-corrected chi connectivity index (χ4v) is 19.0. The van der Waals surface area contributed by atoms with Gasteiger partial charge in [0.25, 0.3) is 0 Å². The molecule has 0 radical (unpaired) electrons. The average Bonchev–Trinajstić information content (AvgIpc) is 4.29. The highest BCUT2D eigenvalue weighted by molar-refractivity contribution is 5.70. The molecule has 0 amide bonds. The normalized spacial score (nSPS) is 58.4. The zero-order valence-electron chi connectivity index (χ0n) is 46.9. The summed E-state index contributed by atoms with van der Waals surface area (Å²) in [4.78, 5) is 26.2. The Morgan fingerprint density at radius 2 is 1.28 bits per heavy atom. The Morgan fingerprint density at radius 3 is 2.13 bits per heavy atom. The summed E-state index contributed by atoms with van der Waals surface area (Å²) < 4.78 is 97.7. The van der Waals surface area contributed by atoms with E-state index in [1.807, 2.05) is 0 Å². The highest BCUT2D eigenvalue weighted by Crippen LogP contribution is 2.60. The molecule has 3 spiro atoms. The van der Waals surface area contributed by atoms with Crippen LogP contribution in [-0.4, -0.2) is 173 Å². The minimum absolute atomic E-state index is 0.00398. The number of aliphatic carboxylic acids is 1. The molecule has 1 aliphatic carbocycles. The zero-order chi connectivity index (χ0) is 54.2. The molecule has 438 valence electrons. The third-order valence-electron chi connectivity index (χ3n) is 22.7. The van der Waals surface area contributed by atoms with E-state index in [0.717, 1.165) is 43.3 Å². The van der Waals surface area contributed by atoms with Gasteiger partial charge in [-0.15, -0.1) is 0 Å². The van der Waals surface area contributed by atoms with Crippen molar-refractivity contribution in [2.24, 2.45) is 35.5 Å². The van der Waals surface area contributed by atoms with E-state index in [9.17, 15) is 19.8 Å². The predicted octanol–water partition coefficient (Wildman–Crippen LogP) is 6.92. The number of carboxylic acids is 1. The van der Waals surface area contributed by atoms with Crippen LogP contribution in [0.25, 0.3) is 0 Å². The van der Waals surface area contributed by atoms with Crippen LogP contribution in [0, 0.1) is 35.5 Å². The van der Waals surface area contributed by atoms with Crippen LogP contribution >= 0.6 is 0 Å². The molecule has 16 aliphatic rings. The van der Waals surface area contributed by atoms with E-state index in [1.165, 1.54) is 0 Å². The second-order valence-corrected chi connectivity index (χ2v) is 28.3. The van der Waals surface area contributed by atoms with Gasteiger partial charge in [0.2, 0.25) is 0 Å². The van der Waals surface area contributed by atoms with Crippen LogP contribution in [0.2, 0.25) is 0 Å². The van der Waals surface area contributed by atoms with Gasteiger partial charge >= 0.3 is 11.9 Å². The summed E-state index contributed by atoms with van der Waals surface area (Å²) >= 11 is 0. The van der Waals surface area contributed by atoms with Crippen molar-refractivity contribution in [3.8, 4) is 0 Å². The lowest BCUT2D eigenvalue weighted by atomic mass is 9.67. The second kappa shape index (κ2) is 19.4. The molecular weight excluding hydrogens is 1020 g/mol. The molecule has 12 bridgehead atoms. The molecule has 15 aliphatic heterocycles. The monoisotopic (exact) mass is 1110 g/mol. The molecular formula is C61H86O18. The number of carboxylic acid groups (broad SMARTS) is 1. The topological polar surface area (TPSA) is 204 Å². The SMILES string of the molecule is C=C1CC2CCC34CC5(C)OC6C(O3)C3OC(CCC3OC6C5O4)CC(=O)OC3C(CC4OC(CCC1O2)CC(C)C4=C)OC1CC2OC4(CC2OC1C3C)CC1OC2(CC(C)C3CC(CC(=O)O)C(O)CC3O2)CC(C)C1O4. The zero-order valence-corrected chi connectivity index (χ0v) is 46.9. The Kier molecular flexibility index (Phi) is 13.2. The van der Waals surface area contributed by atoms with Crippen molar-refractivity contribution < 1.29 is 86.1 Å². The predicted molar refractivity (Wildman–Crippen MR) is 276 cm³/mol. The summed E-state index contributed by atoms with van der Waals surface area (Å²) in [6, 6.07) is 0. The number of hydrogen-bond donors (Lipinski definition) is 2. The van der Waals surface area contributed by atoms with E-state index in [1.54, 1.807) is 0 Å². The smallest absolute Gasteiger partial charge is 0.308 e. The quantitative estimate of drug-likeness (QED) is 0.213. The Morgan fingerprint density at radius 1 is 0.570 bits per heavy atom. The van der Waals surface area contributed by atoms with Gasteiger partial charge in [-0.2, -0.15) is 0 Å². The van der Waals surface area contributed by atoms with Crippen LogP contribution in [0.5, 0.6) is 0 Å². The number of ether oxygens (including phenoxy) is 14. The van der Waals surface area contributed by atoms with Gasteiger partial charge in [-0.1, -0.05) is 40.9 Å². The molecule has 2 N–H and O–H groups in total. The van der Waals surface area contributed by atoms with Gasteiger partial charge in [0, 0.05) is 63.7 Å². The maximum atomic E-state index is 14.6. The molecule has 0 aromatic carbocycles. The van der Waals surface area contributed by atoms with Gasteiger partial charge in [-0.05, 0) is 99.0 Å². The molecule has 31 unspecified atom stereocenters. The van der Waals surface area contributed by atoms with Crippen LogP contribution < -0.4 is 0 Å². The molecule has 1 saturated carbocycles. The number of carbonyl (C=O) groups is 2. The lowest BCUT2D eigenvalue weighted by Gasteiger charge is -2.55. The van der Waals surface area contributed by atoms with Crippen LogP contribution in [0.4, 0.5) is 0 Å². The van der Waals surface area contributed by atoms with Crippen molar-refractivity contribution in [1.29, 1.82) is 0 Å². The van der Waals surface area contributed by atoms with Gasteiger partial charge < -0.3 is 76.5 Å². The first-order valence-electron chi connectivity index (χ1n) is 30.9. The summed E-state index contributed by atoms with van der Waals surface area (Å²) in [5.74, 6) is -3.64. The molecule has 15 heterocycles. The minimum Gasteiger partial charge on any atom is -0.481 e. The standard InChI is InChI=1S/C61H86O18/c1-27-14-34-8-10-39-28(2)15-36(66-39)12-13-59-26-58(7)57(79-59)56-55(76-58)54(78-59)53-40(70-56)11-9-35(68-53)18-49(65)72-52-32(6)51-45(69-44(52)20-41(67-34)31(27)5)21-43-46(71-51)24-61(74-43)25-47-50(77-61)30(4)23-60(75-47)22-29(3)37-16-33(17-48(63)64)38(62)19-42(37)73-60/h27,29-30,32-47,50-57,62H,2,5,8-26H2,1,3-4,6-7H3,(H,63,64). The Labute approximate surface area is 464 Å². The molecule has 16 rings (SSSR count). The minimum atomic E-state index is -0.920. The van der Waals surface area contributed by atoms with E-state index >= 15 is 0 Å². The van der Waals surface area contributed by atoms with Gasteiger partial charge in [0.15, 0.2) is 17.4 Å². The number of aliphatic hydroxyl groups excluding tert-OH is 1. The van der Waals surface area contributed by atoms with Crippen LogP contribution in [-0.2, 0) is 75.9 Å². The lowest BCUT2D eigenvalue weighted by Crippen LogP contribution is -2.62. The number of hydrogen-bond acceptors (Lipinski definition) is 17. The van der Waals surface area contributed by atoms with E-state index < -0.39 is 65.6 Å². The first kappa shape index (κ1) is 53.6. The van der Waals surface area contributed by atoms with Gasteiger partial charge in [-0.3, -0.25) is 9.59 Å². The lowest BCUT2D eigenvalue weighted by molar-refractivity contribution is -0.356. The number of fused-ring (bicyclic) bond motifs is 10. The van der Waals surface area contributed by atoms with Crippen molar-refractivity contribution in [3.63, 3.8) is 0 Å². The molecule has 0 aromatic heterocycles. The molecule has 31 atom stereocenters. The van der Waals surface area contributed by atoms with Crippen molar-refractivity contribution in [1.82, 2.24) is 0 Å². The maximum absolute atomic E-state index is 14.6. The first-order chi connectivity index (χ1) is 37.8. The molecule has 79 heavy (non-hydrogen) atoms. The fraction of sp³-hybridized carbons (Fsp3) is 0.902. The largest absolute Gasteiger partial charge is 0.481 e. The summed E-state index contributed by atoms with van der Waals surface area (Å²) in [6.07, 6.45) is 4.58. The number of carbonyl (C=O) groups excluding carboxylic acids is 1. The van der Waals surface area contributed by atoms with Gasteiger partial charge in [-0.25, -0.2) is 0 Å². The molecule has 18 nitrogen and oxygen atoms in total. The molecule has 16 fully saturated rings. The number of aliphatic hydroxyl groups is 1.